The van der Waals surface area contributed by atoms with Crippen molar-refractivity contribution < 1.29 is 17.7 Å². The first-order valence-electron chi connectivity index (χ1n) is 4.80. The summed E-state index contributed by atoms with van der Waals surface area (Å²) in [4.78, 5) is 0. The summed E-state index contributed by atoms with van der Waals surface area (Å²) in [5.74, 6) is 0.622. The van der Waals surface area contributed by atoms with Gasteiger partial charge in [0.2, 0.25) is 0 Å². The van der Waals surface area contributed by atoms with Crippen LogP contribution < -0.4 is 0 Å². The van der Waals surface area contributed by atoms with Crippen molar-refractivity contribution in [2.24, 2.45) is 0 Å². The number of rotatable bonds is 2. The highest BCUT2D eigenvalue weighted by Gasteiger charge is 2.32. The summed E-state index contributed by atoms with van der Waals surface area (Å²) in [5, 5.41) is 3.73. The number of hydrogen-bond acceptors (Lipinski definition) is 2. The molecule has 0 amide bonds. The quantitative estimate of drug-likeness (QED) is 0.730. The maximum absolute atomic E-state index is 12.6. The van der Waals surface area contributed by atoms with Crippen molar-refractivity contribution in [1.82, 2.24) is 5.16 Å². The lowest BCUT2D eigenvalue weighted by Gasteiger charge is -2.09. The van der Waals surface area contributed by atoms with Crippen LogP contribution in [0, 0.1) is 0 Å². The highest BCUT2D eigenvalue weighted by Crippen LogP contribution is 2.36. The Balaban J connectivity index is 2.40. The molecular formula is C11H6BrClF3NO. The fraction of sp³-hybridized carbons (Fsp3) is 0.182. The van der Waals surface area contributed by atoms with Crippen LogP contribution in [-0.4, -0.2) is 5.16 Å². The summed E-state index contributed by atoms with van der Waals surface area (Å²) in [6.07, 6.45) is -4.39. The van der Waals surface area contributed by atoms with Gasteiger partial charge in [0.05, 0.1) is 11.4 Å². The molecule has 1 heterocycles. The van der Waals surface area contributed by atoms with E-state index >= 15 is 0 Å². The van der Waals surface area contributed by atoms with Gasteiger partial charge in [-0.2, -0.15) is 13.2 Å². The van der Waals surface area contributed by atoms with E-state index in [4.69, 9.17) is 16.1 Å². The molecule has 96 valence electrons. The van der Waals surface area contributed by atoms with Gasteiger partial charge in [-0.25, -0.2) is 0 Å². The number of halogens is 5. The van der Waals surface area contributed by atoms with Crippen LogP contribution in [0.3, 0.4) is 0 Å². The Kier molecular flexibility index (Phi) is 3.68. The molecule has 0 bridgehead atoms. The second-order valence-corrected chi connectivity index (χ2v) is 4.63. The number of hydrogen-bond donors (Lipinski definition) is 0. The predicted molar refractivity (Wildman–Crippen MR) is 64.2 cm³/mol. The minimum Gasteiger partial charge on any atom is -0.359 e. The molecule has 7 heteroatoms. The number of alkyl halides is 4. The molecular weight excluding hydrogens is 334 g/mol. The van der Waals surface area contributed by atoms with E-state index in [1.807, 2.05) is 0 Å². The number of nitrogens with zero attached hydrogens (tertiary/aromatic N) is 1. The van der Waals surface area contributed by atoms with E-state index in [-0.39, 0.29) is 10.4 Å². The third-order valence-corrected chi connectivity index (χ3v) is 3.18. The van der Waals surface area contributed by atoms with Gasteiger partial charge < -0.3 is 4.52 Å². The Morgan fingerprint density at radius 1 is 1.28 bits per heavy atom. The fourth-order valence-corrected chi connectivity index (χ4v) is 2.15. The first-order valence-corrected chi connectivity index (χ1v) is 6.13. The predicted octanol–water partition coefficient (Wildman–Crippen LogP) is 4.86. The molecule has 0 unspecified atom stereocenters. The van der Waals surface area contributed by atoms with Crippen molar-refractivity contribution in [3.05, 3.63) is 40.1 Å². The third kappa shape index (κ3) is 2.70. The summed E-state index contributed by atoms with van der Waals surface area (Å²) < 4.78 is 42.5. The molecule has 2 nitrogen and oxygen atoms in total. The molecule has 0 fully saturated rings. The van der Waals surface area contributed by atoms with E-state index in [2.05, 4.69) is 21.1 Å². The van der Waals surface area contributed by atoms with Gasteiger partial charge in [0.15, 0.2) is 5.76 Å². The van der Waals surface area contributed by atoms with E-state index in [1.165, 1.54) is 12.1 Å². The van der Waals surface area contributed by atoms with E-state index in [1.54, 1.807) is 6.07 Å². The van der Waals surface area contributed by atoms with Crippen molar-refractivity contribution >= 4 is 27.5 Å². The first-order chi connectivity index (χ1) is 8.41. The van der Waals surface area contributed by atoms with E-state index in [0.717, 1.165) is 6.07 Å². The molecule has 0 saturated carbocycles. The lowest BCUT2D eigenvalue weighted by molar-refractivity contribution is -0.138. The molecule has 0 saturated heterocycles. The van der Waals surface area contributed by atoms with Crippen LogP contribution in [0.1, 0.15) is 11.3 Å². The largest absolute Gasteiger partial charge is 0.417 e. The lowest BCUT2D eigenvalue weighted by Crippen LogP contribution is -2.05. The summed E-state index contributed by atoms with van der Waals surface area (Å²) >= 11 is 8.45. The van der Waals surface area contributed by atoms with Gasteiger partial charge in [0.25, 0.3) is 0 Å². The fourth-order valence-electron chi connectivity index (χ4n) is 1.42. The van der Waals surface area contributed by atoms with Crippen molar-refractivity contribution in [2.75, 3.05) is 0 Å². The van der Waals surface area contributed by atoms with Gasteiger partial charge in [-0.3, -0.25) is 0 Å². The highest BCUT2D eigenvalue weighted by atomic mass is 79.9. The Bertz CT molecular complexity index is 568. The van der Waals surface area contributed by atoms with Gasteiger partial charge in [-0.15, -0.1) is 11.6 Å². The molecule has 0 aliphatic rings. The standard InChI is InChI=1S/C11H6BrClF3NO/c12-9-3-6(1-2-8(9)11(14,15)16)10-4-7(5-13)18-17-10/h1-4H,5H2. The third-order valence-electron chi connectivity index (χ3n) is 2.26. The van der Waals surface area contributed by atoms with Crippen molar-refractivity contribution in [1.29, 1.82) is 0 Å². The second kappa shape index (κ2) is 4.93. The summed E-state index contributed by atoms with van der Waals surface area (Å²) in [6.45, 7) is 0. The smallest absolute Gasteiger partial charge is 0.359 e. The van der Waals surface area contributed by atoms with Crippen LogP contribution in [0.4, 0.5) is 13.2 Å². The Hall–Kier alpha value is -1.01. The molecule has 0 aliphatic carbocycles. The average molecular weight is 341 g/mol. The second-order valence-electron chi connectivity index (χ2n) is 3.50. The minimum absolute atomic E-state index is 0.0390. The van der Waals surface area contributed by atoms with Gasteiger partial charge in [-0.1, -0.05) is 27.2 Å². The van der Waals surface area contributed by atoms with Crippen LogP contribution in [0.2, 0.25) is 0 Å². The Morgan fingerprint density at radius 2 is 2.00 bits per heavy atom. The zero-order chi connectivity index (χ0) is 13.3. The molecule has 1 aromatic carbocycles. The van der Waals surface area contributed by atoms with Crippen molar-refractivity contribution in [2.45, 2.75) is 12.1 Å². The van der Waals surface area contributed by atoms with E-state index in [0.29, 0.717) is 17.0 Å². The normalized spacial score (nSPS) is 11.8. The monoisotopic (exact) mass is 339 g/mol. The van der Waals surface area contributed by atoms with Crippen LogP contribution >= 0.6 is 27.5 Å². The molecule has 0 aliphatic heterocycles. The highest BCUT2D eigenvalue weighted by molar-refractivity contribution is 9.10. The Labute approximate surface area is 114 Å². The van der Waals surface area contributed by atoms with Gasteiger partial charge in [0.1, 0.15) is 5.69 Å². The molecule has 0 N–H and O–H groups in total. The molecule has 0 spiro atoms. The lowest BCUT2D eigenvalue weighted by atomic mass is 10.1. The summed E-state index contributed by atoms with van der Waals surface area (Å²) in [7, 11) is 0. The van der Waals surface area contributed by atoms with Gasteiger partial charge in [-0.05, 0) is 12.1 Å². The molecule has 0 atom stereocenters. The van der Waals surface area contributed by atoms with Gasteiger partial charge >= 0.3 is 6.18 Å². The van der Waals surface area contributed by atoms with Crippen molar-refractivity contribution in [3.8, 4) is 11.3 Å². The maximum atomic E-state index is 12.6. The molecule has 2 rings (SSSR count). The zero-order valence-corrected chi connectivity index (χ0v) is 11.1. The number of benzene rings is 1. The molecule has 18 heavy (non-hydrogen) atoms. The topological polar surface area (TPSA) is 26.0 Å². The molecule has 1 aromatic heterocycles. The SMILES string of the molecule is FC(F)(F)c1ccc(-c2cc(CCl)on2)cc1Br. The van der Waals surface area contributed by atoms with Crippen molar-refractivity contribution in [3.63, 3.8) is 0 Å². The summed E-state index contributed by atoms with van der Waals surface area (Å²) in [5.41, 5.74) is 0.238. The molecule has 2 aromatic rings. The Morgan fingerprint density at radius 3 is 2.50 bits per heavy atom. The van der Waals surface area contributed by atoms with Crippen LogP contribution in [0.5, 0.6) is 0 Å². The average Bonchev–Trinajstić information content (AvgIpc) is 2.75. The summed E-state index contributed by atoms with van der Waals surface area (Å²) in [6, 6.07) is 5.26. The number of aromatic nitrogens is 1. The first kappa shape index (κ1) is 13.4. The van der Waals surface area contributed by atoms with E-state index in [9.17, 15) is 13.2 Å². The zero-order valence-electron chi connectivity index (χ0n) is 8.76. The van der Waals surface area contributed by atoms with Crippen LogP contribution in [-0.2, 0) is 12.1 Å². The van der Waals surface area contributed by atoms with Crippen LogP contribution in [0.25, 0.3) is 11.3 Å². The van der Waals surface area contributed by atoms with E-state index < -0.39 is 11.7 Å². The van der Waals surface area contributed by atoms with Gasteiger partial charge in [0, 0.05) is 16.1 Å². The molecule has 0 radical (unpaired) electrons. The van der Waals surface area contributed by atoms with Crippen LogP contribution in [0.15, 0.2) is 33.3 Å². The minimum atomic E-state index is -4.39. The maximum Gasteiger partial charge on any atom is 0.417 e.